The van der Waals surface area contributed by atoms with E-state index in [1.165, 1.54) is 5.56 Å². The maximum atomic E-state index is 12.7. The van der Waals surface area contributed by atoms with Crippen molar-refractivity contribution in [1.82, 2.24) is 0 Å². The predicted molar refractivity (Wildman–Crippen MR) is 92.8 cm³/mol. The number of rotatable bonds is 7. The number of aliphatic carboxylic acids is 1. The minimum absolute atomic E-state index is 0.0572. The highest BCUT2D eigenvalue weighted by molar-refractivity contribution is 5.97. The van der Waals surface area contributed by atoms with Gasteiger partial charge in [-0.3, -0.25) is 9.59 Å². The lowest BCUT2D eigenvalue weighted by Crippen LogP contribution is -2.26. The largest absolute Gasteiger partial charge is 0.481 e. The van der Waals surface area contributed by atoms with E-state index in [0.717, 1.165) is 30.5 Å². The molecule has 0 bridgehead atoms. The number of carbonyl (C=O) groups excluding carboxylic acids is 1. The van der Waals surface area contributed by atoms with Gasteiger partial charge in [-0.1, -0.05) is 42.5 Å². The first kappa shape index (κ1) is 16.2. The molecule has 3 rings (SSSR count). The van der Waals surface area contributed by atoms with E-state index in [9.17, 15) is 9.59 Å². The number of aryl methyl sites for hydroxylation is 1. The molecule has 2 aromatic rings. The van der Waals surface area contributed by atoms with Gasteiger partial charge in [0, 0.05) is 12.1 Å². The van der Waals surface area contributed by atoms with Crippen LogP contribution in [0.5, 0.6) is 0 Å². The summed E-state index contributed by atoms with van der Waals surface area (Å²) in [6.07, 6.45) is 3.14. The molecule has 0 atom stereocenters. The van der Waals surface area contributed by atoms with Crippen LogP contribution in [0.3, 0.4) is 0 Å². The van der Waals surface area contributed by atoms with E-state index >= 15 is 0 Å². The van der Waals surface area contributed by atoms with Crippen LogP contribution in [0, 0.1) is 5.41 Å². The quantitative estimate of drug-likeness (QED) is 0.817. The van der Waals surface area contributed by atoms with Crippen molar-refractivity contribution in [2.75, 3.05) is 5.32 Å². The molecule has 0 aliphatic heterocycles. The first-order valence-electron chi connectivity index (χ1n) is 8.24. The van der Waals surface area contributed by atoms with Crippen molar-refractivity contribution in [3.63, 3.8) is 0 Å². The Bertz CT molecular complexity index is 736. The molecular formula is C20H21NO3. The second-order valence-electron chi connectivity index (χ2n) is 6.49. The Morgan fingerprint density at radius 2 is 1.71 bits per heavy atom. The summed E-state index contributed by atoms with van der Waals surface area (Å²) in [5.41, 5.74) is 2.55. The van der Waals surface area contributed by atoms with Gasteiger partial charge in [0.15, 0.2) is 0 Å². The van der Waals surface area contributed by atoms with Gasteiger partial charge in [0.05, 0.1) is 5.41 Å². The van der Waals surface area contributed by atoms with Crippen LogP contribution in [0.15, 0.2) is 54.6 Å². The van der Waals surface area contributed by atoms with Crippen molar-refractivity contribution in [3.05, 3.63) is 65.7 Å². The van der Waals surface area contributed by atoms with Gasteiger partial charge in [-0.15, -0.1) is 0 Å². The summed E-state index contributed by atoms with van der Waals surface area (Å²) in [5, 5.41) is 11.8. The normalized spacial score (nSPS) is 14.8. The minimum atomic E-state index is -0.816. The Morgan fingerprint density at radius 3 is 2.38 bits per heavy atom. The van der Waals surface area contributed by atoms with E-state index in [2.05, 4.69) is 17.4 Å². The average molecular weight is 323 g/mol. The molecule has 0 radical (unpaired) electrons. The third-order valence-electron chi connectivity index (χ3n) is 4.53. The van der Waals surface area contributed by atoms with Gasteiger partial charge in [-0.2, -0.15) is 0 Å². The number of nitrogens with one attached hydrogen (secondary N) is 1. The monoisotopic (exact) mass is 323 g/mol. The molecule has 124 valence electrons. The molecule has 0 heterocycles. The number of anilines is 1. The summed E-state index contributed by atoms with van der Waals surface area (Å²) in [7, 11) is 0. The van der Waals surface area contributed by atoms with Crippen molar-refractivity contribution in [1.29, 1.82) is 0 Å². The maximum absolute atomic E-state index is 12.7. The van der Waals surface area contributed by atoms with Gasteiger partial charge < -0.3 is 10.4 Å². The summed E-state index contributed by atoms with van der Waals surface area (Å²) in [4.78, 5) is 23.4. The molecule has 1 fully saturated rings. The molecule has 0 saturated heterocycles. The highest BCUT2D eigenvalue weighted by Crippen LogP contribution is 2.49. The molecule has 1 aliphatic carbocycles. The van der Waals surface area contributed by atoms with Crippen LogP contribution < -0.4 is 5.32 Å². The molecule has 0 unspecified atom stereocenters. The highest BCUT2D eigenvalue weighted by atomic mass is 16.4. The number of carbonyl (C=O) groups is 2. The zero-order valence-corrected chi connectivity index (χ0v) is 13.5. The third-order valence-corrected chi connectivity index (χ3v) is 4.53. The fourth-order valence-electron chi connectivity index (χ4n) is 2.94. The first-order chi connectivity index (χ1) is 11.6. The second kappa shape index (κ2) is 6.87. The molecule has 1 amide bonds. The molecule has 24 heavy (non-hydrogen) atoms. The van der Waals surface area contributed by atoms with Gasteiger partial charge in [0.25, 0.3) is 0 Å². The second-order valence-corrected chi connectivity index (χ2v) is 6.49. The lowest BCUT2D eigenvalue weighted by molar-refractivity contribution is -0.137. The Kier molecular flexibility index (Phi) is 4.65. The van der Waals surface area contributed by atoms with Gasteiger partial charge in [-0.05, 0) is 48.9 Å². The SMILES string of the molecule is O=C(O)CCc1cccc(NC(=O)C2(Cc3ccccc3)CC2)c1. The number of hydrogen-bond acceptors (Lipinski definition) is 2. The van der Waals surface area contributed by atoms with Gasteiger partial charge in [0.1, 0.15) is 0 Å². The van der Waals surface area contributed by atoms with Gasteiger partial charge in [0.2, 0.25) is 5.91 Å². The Balaban J connectivity index is 1.64. The molecule has 4 nitrogen and oxygen atoms in total. The number of carboxylic acid groups (broad SMARTS) is 1. The zero-order chi connectivity index (χ0) is 17.0. The standard InChI is InChI=1S/C20H21NO3/c22-18(23)10-9-15-7-4-8-17(13-15)21-19(24)20(11-12-20)14-16-5-2-1-3-6-16/h1-8,13H,9-12,14H2,(H,21,24)(H,22,23). The summed E-state index contributed by atoms with van der Waals surface area (Å²) >= 11 is 0. The van der Waals surface area contributed by atoms with Crippen molar-refractivity contribution in [2.45, 2.75) is 32.1 Å². The van der Waals surface area contributed by atoms with Crippen molar-refractivity contribution in [2.24, 2.45) is 5.41 Å². The lowest BCUT2D eigenvalue weighted by atomic mass is 9.95. The summed E-state index contributed by atoms with van der Waals surface area (Å²) in [5.74, 6) is -0.758. The Labute approximate surface area is 141 Å². The lowest BCUT2D eigenvalue weighted by Gasteiger charge is -2.16. The summed E-state index contributed by atoms with van der Waals surface area (Å²) in [6.45, 7) is 0. The number of carboxylic acids is 1. The van der Waals surface area contributed by atoms with E-state index in [0.29, 0.717) is 6.42 Å². The fourth-order valence-corrected chi connectivity index (χ4v) is 2.94. The van der Waals surface area contributed by atoms with Crippen LogP contribution in [-0.4, -0.2) is 17.0 Å². The van der Waals surface area contributed by atoms with Crippen molar-refractivity contribution < 1.29 is 14.7 Å². The average Bonchev–Trinajstić information content (AvgIpc) is 3.35. The summed E-state index contributed by atoms with van der Waals surface area (Å²) < 4.78 is 0. The molecule has 2 aromatic carbocycles. The molecule has 1 saturated carbocycles. The molecule has 0 spiro atoms. The van der Waals surface area contributed by atoms with Crippen molar-refractivity contribution in [3.8, 4) is 0 Å². The third kappa shape index (κ3) is 4.02. The Hall–Kier alpha value is -2.62. The van der Waals surface area contributed by atoms with Gasteiger partial charge >= 0.3 is 5.97 Å². The number of amides is 1. The van der Waals surface area contributed by atoms with Crippen LogP contribution in [0.1, 0.15) is 30.4 Å². The van der Waals surface area contributed by atoms with Crippen molar-refractivity contribution >= 4 is 17.6 Å². The Morgan fingerprint density at radius 1 is 1.00 bits per heavy atom. The number of hydrogen-bond donors (Lipinski definition) is 2. The zero-order valence-electron chi connectivity index (χ0n) is 13.5. The van der Waals surface area contributed by atoms with E-state index in [-0.39, 0.29) is 17.7 Å². The van der Waals surface area contributed by atoms with E-state index < -0.39 is 5.97 Å². The molecule has 4 heteroatoms. The molecule has 1 aliphatic rings. The van der Waals surface area contributed by atoms with E-state index in [4.69, 9.17) is 5.11 Å². The molecule has 0 aromatic heterocycles. The van der Waals surface area contributed by atoms with Crippen LogP contribution in [0.4, 0.5) is 5.69 Å². The van der Waals surface area contributed by atoms with Crippen LogP contribution >= 0.6 is 0 Å². The van der Waals surface area contributed by atoms with E-state index in [1.807, 2.05) is 42.5 Å². The fraction of sp³-hybridized carbons (Fsp3) is 0.300. The smallest absolute Gasteiger partial charge is 0.303 e. The molecular weight excluding hydrogens is 302 g/mol. The first-order valence-corrected chi connectivity index (χ1v) is 8.24. The van der Waals surface area contributed by atoms with Crippen LogP contribution in [0.25, 0.3) is 0 Å². The molecule has 2 N–H and O–H groups in total. The highest BCUT2D eigenvalue weighted by Gasteiger charge is 2.49. The van der Waals surface area contributed by atoms with Gasteiger partial charge in [-0.25, -0.2) is 0 Å². The van der Waals surface area contributed by atoms with Crippen LogP contribution in [0.2, 0.25) is 0 Å². The van der Waals surface area contributed by atoms with E-state index in [1.54, 1.807) is 0 Å². The topological polar surface area (TPSA) is 66.4 Å². The van der Waals surface area contributed by atoms with Crippen LogP contribution in [-0.2, 0) is 22.4 Å². The predicted octanol–water partition coefficient (Wildman–Crippen LogP) is 3.67. The minimum Gasteiger partial charge on any atom is -0.481 e. The summed E-state index contributed by atoms with van der Waals surface area (Å²) in [6, 6.07) is 17.5. The maximum Gasteiger partial charge on any atom is 0.303 e. The number of benzene rings is 2.